The Morgan fingerprint density at radius 2 is 1.88 bits per heavy atom. The Hall–Kier alpha value is -2.17. The molecule has 0 radical (unpaired) electrons. The first kappa shape index (κ1) is 11.3. The van der Waals surface area contributed by atoms with Gasteiger partial charge in [-0.15, -0.1) is 0 Å². The van der Waals surface area contributed by atoms with Crippen LogP contribution < -0.4 is 15.2 Å². The summed E-state index contributed by atoms with van der Waals surface area (Å²) in [6.45, 7) is 1.96. The second-order valence-corrected chi connectivity index (χ2v) is 3.70. The molecule has 0 saturated heterocycles. The zero-order valence-electron chi connectivity index (χ0n) is 10.1. The molecule has 0 aliphatic carbocycles. The molecule has 1 heterocycles. The normalized spacial score (nSPS) is 10.3. The quantitative estimate of drug-likeness (QED) is 0.850. The molecule has 0 saturated carbocycles. The highest BCUT2D eigenvalue weighted by Gasteiger charge is 2.12. The molecule has 3 N–H and O–H groups in total. The number of ether oxygens (including phenoxy) is 2. The Balaban J connectivity index is 2.58. The Bertz CT molecular complexity index is 535. The van der Waals surface area contributed by atoms with Gasteiger partial charge in [0, 0.05) is 5.56 Å². The van der Waals surface area contributed by atoms with Gasteiger partial charge in [0.25, 0.3) is 0 Å². The summed E-state index contributed by atoms with van der Waals surface area (Å²) in [4.78, 5) is 6.94. The Morgan fingerprint density at radius 1 is 1.18 bits per heavy atom. The summed E-state index contributed by atoms with van der Waals surface area (Å²) in [5.41, 5.74) is 8.26. The fourth-order valence-electron chi connectivity index (χ4n) is 1.73. The summed E-state index contributed by atoms with van der Waals surface area (Å²) in [5, 5.41) is 0. The number of aromatic nitrogens is 2. The van der Waals surface area contributed by atoms with Crippen molar-refractivity contribution in [1.82, 2.24) is 9.97 Å². The van der Waals surface area contributed by atoms with Gasteiger partial charge in [-0.2, -0.15) is 0 Å². The van der Waals surface area contributed by atoms with E-state index < -0.39 is 0 Å². The van der Waals surface area contributed by atoms with E-state index in [1.807, 2.05) is 19.1 Å². The highest BCUT2D eigenvalue weighted by atomic mass is 16.5. The molecule has 0 aliphatic heterocycles. The number of anilines is 1. The Morgan fingerprint density at radius 3 is 2.41 bits per heavy atom. The number of nitrogens with zero attached hydrogens (tertiary/aromatic N) is 1. The molecule has 0 atom stereocenters. The SMILES string of the molecule is COc1cc(-c2cnc(N)[nH]2)c(OC)cc1C. The maximum Gasteiger partial charge on any atom is 0.197 e. The largest absolute Gasteiger partial charge is 0.496 e. The number of imidazole rings is 1. The number of benzene rings is 1. The van der Waals surface area contributed by atoms with Crippen molar-refractivity contribution in [1.29, 1.82) is 0 Å². The second-order valence-electron chi connectivity index (χ2n) is 3.70. The molecule has 5 heteroatoms. The molecule has 0 bridgehead atoms. The van der Waals surface area contributed by atoms with Crippen LogP contribution >= 0.6 is 0 Å². The lowest BCUT2D eigenvalue weighted by molar-refractivity contribution is 0.401. The van der Waals surface area contributed by atoms with E-state index in [-0.39, 0.29) is 0 Å². The van der Waals surface area contributed by atoms with Crippen LogP contribution in [0.4, 0.5) is 5.95 Å². The molecule has 1 aromatic heterocycles. The maximum absolute atomic E-state index is 5.57. The summed E-state index contributed by atoms with van der Waals surface area (Å²) in [6, 6.07) is 3.83. The van der Waals surface area contributed by atoms with Crippen LogP contribution in [0, 0.1) is 6.92 Å². The zero-order chi connectivity index (χ0) is 12.4. The first-order chi connectivity index (χ1) is 8.15. The van der Waals surface area contributed by atoms with E-state index in [9.17, 15) is 0 Å². The van der Waals surface area contributed by atoms with Crippen LogP contribution in [0.3, 0.4) is 0 Å². The monoisotopic (exact) mass is 233 g/mol. The summed E-state index contributed by atoms with van der Waals surface area (Å²) in [7, 11) is 3.27. The van der Waals surface area contributed by atoms with E-state index in [4.69, 9.17) is 15.2 Å². The van der Waals surface area contributed by atoms with Crippen molar-refractivity contribution >= 4 is 5.95 Å². The topological polar surface area (TPSA) is 73.2 Å². The third-order valence-electron chi connectivity index (χ3n) is 2.60. The number of aryl methyl sites for hydroxylation is 1. The van der Waals surface area contributed by atoms with Crippen molar-refractivity contribution < 1.29 is 9.47 Å². The first-order valence-corrected chi connectivity index (χ1v) is 5.19. The summed E-state index contributed by atoms with van der Waals surface area (Å²) < 4.78 is 10.6. The number of hydrogen-bond acceptors (Lipinski definition) is 4. The van der Waals surface area contributed by atoms with Crippen molar-refractivity contribution in [2.75, 3.05) is 20.0 Å². The maximum atomic E-state index is 5.57. The number of H-pyrrole nitrogens is 1. The van der Waals surface area contributed by atoms with Gasteiger partial charge in [-0.05, 0) is 24.6 Å². The summed E-state index contributed by atoms with van der Waals surface area (Å²) in [6.07, 6.45) is 1.67. The number of aromatic amines is 1. The lowest BCUT2D eigenvalue weighted by Crippen LogP contribution is -1.93. The van der Waals surface area contributed by atoms with Gasteiger partial charge in [0.1, 0.15) is 11.5 Å². The molecular weight excluding hydrogens is 218 g/mol. The van der Waals surface area contributed by atoms with Crippen LogP contribution in [-0.4, -0.2) is 24.2 Å². The molecular formula is C12H15N3O2. The minimum atomic E-state index is 0.376. The highest BCUT2D eigenvalue weighted by Crippen LogP contribution is 2.35. The lowest BCUT2D eigenvalue weighted by atomic mass is 10.1. The van der Waals surface area contributed by atoms with Crippen molar-refractivity contribution in [3.63, 3.8) is 0 Å². The lowest BCUT2D eigenvalue weighted by Gasteiger charge is -2.11. The van der Waals surface area contributed by atoms with Gasteiger partial charge in [-0.1, -0.05) is 0 Å². The molecule has 0 fully saturated rings. The molecule has 2 aromatic rings. The molecule has 90 valence electrons. The van der Waals surface area contributed by atoms with Crippen LogP contribution in [0.1, 0.15) is 5.56 Å². The Kier molecular flexibility index (Phi) is 2.91. The number of nitrogens with one attached hydrogen (secondary N) is 1. The van der Waals surface area contributed by atoms with E-state index in [1.165, 1.54) is 0 Å². The minimum Gasteiger partial charge on any atom is -0.496 e. The van der Waals surface area contributed by atoms with Crippen LogP contribution in [0.25, 0.3) is 11.3 Å². The average molecular weight is 233 g/mol. The second kappa shape index (κ2) is 4.37. The van der Waals surface area contributed by atoms with Gasteiger partial charge in [0.05, 0.1) is 26.1 Å². The smallest absolute Gasteiger partial charge is 0.197 e. The Labute approximate surface area is 99.6 Å². The third-order valence-corrected chi connectivity index (χ3v) is 2.60. The fourth-order valence-corrected chi connectivity index (χ4v) is 1.73. The van der Waals surface area contributed by atoms with Crippen LogP contribution in [0.15, 0.2) is 18.3 Å². The molecule has 0 amide bonds. The number of rotatable bonds is 3. The first-order valence-electron chi connectivity index (χ1n) is 5.19. The van der Waals surface area contributed by atoms with Crippen molar-refractivity contribution in [3.05, 3.63) is 23.9 Å². The number of nitrogens with two attached hydrogens (primary N) is 1. The van der Waals surface area contributed by atoms with E-state index in [2.05, 4.69) is 9.97 Å². The van der Waals surface area contributed by atoms with Crippen molar-refractivity contribution in [2.45, 2.75) is 6.92 Å². The van der Waals surface area contributed by atoms with Gasteiger partial charge in [-0.3, -0.25) is 0 Å². The van der Waals surface area contributed by atoms with Crippen molar-refractivity contribution in [2.24, 2.45) is 0 Å². The molecule has 5 nitrogen and oxygen atoms in total. The average Bonchev–Trinajstić information content (AvgIpc) is 2.75. The standard InChI is InChI=1S/C12H15N3O2/c1-7-4-11(17-3)8(5-10(7)16-2)9-6-14-12(13)15-9/h4-6H,1-3H3,(H3,13,14,15). The van der Waals surface area contributed by atoms with Gasteiger partial charge >= 0.3 is 0 Å². The predicted molar refractivity (Wildman–Crippen MR) is 66.3 cm³/mol. The van der Waals surface area contributed by atoms with Gasteiger partial charge in [-0.25, -0.2) is 4.98 Å². The van der Waals surface area contributed by atoms with Crippen LogP contribution in [0.5, 0.6) is 11.5 Å². The van der Waals surface area contributed by atoms with Crippen molar-refractivity contribution in [3.8, 4) is 22.8 Å². The van der Waals surface area contributed by atoms with E-state index in [0.717, 1.165) is 28.3 Å². The summed E-state index contributed by atoms with van der Waals surface area (Å²) >= 11 is 0. The fraction of sp³-hybridized carbons (Fsp3) is 0.250. The van der Waals surface area contributed by atoms with Gasteiger partial charge in [0.2, 0.25) is 0 Å². The number of nitrogen functional groups attached to an aromatic ring is 1. The molecule has 0 spiro atoms. The number of hydrogen-bond donors (Lipinski definition) is 2. The van der Waals surface area contributed by atoms with E-state index in [1.54, 1.807) is 20.4 Å². The molecule has 17 heavy (non-hydrogen) atoms. The van der Waals surface area contributed by atoms with Crippen LogP contribution in [0.2, 0.25) is 0 Å². The predicted octanol–water partition coefficient (Wildman–Crippen LogP) is 1.98. The summed E-state index contributed by atoms with van der Waals surface area (Å²) in [5.74, 6) is 1.93. The third kappa shape index (κ3) is 2.04. The van der Waals surface area contributed by atoms with Gasteiger partial charge < -0.3 is 20.2 Å². The molecule has 0 unspecified atom stereocenters. The van der Waals surface area contributed by atoms with Gasteiger partial charge in [0.15, 0.2) is 5.95 Å². The number of methoxy groups -OCH3 is 2. The molecule has 2 rings (SSSR count). The zero-order valence-corrected chi connectivity index (χ0v) is 10.1. The molecule has 0 aliphatic rings. The van der Waals surface area contributed by atoms with Crippen LogP contribution in [-0.2, 0) is 0 Å². The molecule has 1 aromatic carbocycles. The van der Waals surface area contributed by atoms with E-state index in [0.29, 0.717) is 5.95 Å². The highest BCUT2D eigenvalue weighted by molar-refractivity contribution is 5.70. The minimum absolute atomic E-state index is 0.376. The van der Waals surface area contributed by atoms with E-state index >= 15 is 0 Å².